The zero-order valence-electron chi connectivity index (χ0n) is 9.31. The number of rotatable bonds is 3. The van der Waals surface area contributed by atoms with Gasteiger partial charge in [-0.1, -0.05) is 0 Å². The lowest BCUT2D eigenvalue weighted by Crippen LogP contribution is -2.20. The van der Waals surface area contributed by atoms with E-state index in [1.807, 2.05) is 11.4 Å². The molecule has 0 saturated carbocycles. The number of benzene rings is 1. The molecule has 1 atom stereocenters. The van der Waals surface area contributed by atoms with Crippen molar-refractivity contribution in [3.63, 3.8) is 0 Å². The molecule has 0 aliphatic carbocycles. The van der Waals surface area contributed by atoms with E-state index >= 15 is 0 Å². The molecule has 0 spiro atoms. The van der Waals surface area contributed by atoms with Crippen LogP contribution in [0.4, 0.5) is 13.2 Å². The van der Waals surface area contributed by atoms with Gasteiger partial charge in [-0.15, -0.1) is 11.3 Å². The Balaban J connectivity index is 2.51. The number of thiophene rings is 1. The molecule has 1 aromatic carbocycles. The molecule has 0 aliphatic rings. The Morgan fingerprint density at radius 1 is 1.17 bits per heavy atom. The average Bonchev–Trinajstić information content (AvgIpc) is 2.69. The monoisotopic (exact) mass is 383 g/mol. The lowest BCUT2D eigenvalue weighted by molar-refractivity contribution is 0.500. The molecule has 0 amide bonds. The van der Waals surface area contributed by atoms with E-state index in [2.05, 4.69) is 27.9 Å². The van der Waals surface area contributed by atoms with E-state index in [0.29, 0.717) is 12.1 Å². The second-order valence-corrected chi connectivity index (χ2v) is 6.49. The number of nitrogens with one attached hydrogen (secondary N) is 1. The van der Waals surface area contributed by atoms with Gasteiger partial charge in [0, 0.05) is 17.7 Å². The van der Waals surface area contributed by atoms with E-state index in [1.54, 1.807) is 7.05 Å². The van der Waals surface area contributed by atoms with Crippen LogP contribution in [0.1, 0.15) is 17.2 Å². The van der Waals surface area contributed by atoms with Crippen LogP contribution in [0.15, 0.2) is 23.6 Å². The van der Waals surface area contributed by atoms with Gasteiger partial charge in [0.25, 0.3) is 0 Å². The maximum Gasteiger partial charge on any atom is 0.134 e. The summed E-state index contributed by atoms with van der Waals surface area (Å²) >= 11 is 3.62. The first-order valence-corrected chi connectivity index (χ1v) is 7.04. The maximum absolute atomic E-state index is 13.7. The van der Waals surface area contributed by atoms with Gasteiger partial charge in [-0.2, -0.15) is 0 Å². The molecule has 6 heteroatoms. The maximum atomic E-state index is 13.7. The number of hydrogen-bond donors (Lipinski definition) is 1. The standard InChI is InChI=1S/C12H9F3INS/c1-17-12(6-2-10(16)18-5-6)11-8(14)3-7(13)4-9(11)15/h2-5,12,17H,1H3. The summed E-state index contributed by atoms with van der Waals surface area (Å²) in [4.78, 5) is 0. The largest absolute Gasteiger partial charge is 0.309 e. The van der Waals surface area contributed by atoms with Crippen molar-refractivity contribution in [3.8, 4) is 0 Å². The molecule has 1 N–H and O–H groups in total. The fraction of sp³-hybridized carbons (Fsp3) is 0.167. The first-order chi connectivity index (χ1) is 8.52. The molecule has 0 saturated heterocycles. The lowest BCUT2D eigenvalue weighted by Gasteiger charge is -2.17. The molecular formula is C12H9F3INS. The number of halogens is 4. The Morgan fingerprint density at radius 2 is 1.78 bits per heavy atom. The average molecular weight is 383 g/mol. The summed E-state index contributed by atoms with van der Waals surface area (Å²) in [5, 5.41) is 4.67. The molecular weight excluding hydrogens is 374 g/mol. The van der Waals surface area contributed by atoms with Gasteiger partial charge in [0.1, 0.15) is 17.5 Å². The van der Waals surface area contributed by atoms with Crippen LogP contribution in [-0.2, 0) is 0 Å². The van der Waals surface area contributed by atoms with Crippen molar-refractivity contribution in [2.75, 3.05) is 7.05 Å². The molecule has 1 nitrogen and oxygen atoms in total. The highest BCUT2D eigenvalue weighted by Gasteiger charge is 2.22. The summed E-state index contributed by atoms with van der Waals surface area (Å²) in [7, 11) is 1.61. The van der Waals surface area contributed by atoms with Gasteiger partial charge >= 0.3 is 0 Å². The molecule has 0 bridgehead atoms. The van der Waals surface area contributed by atoms with Crippen LogP contribution >= 0.6 is 33.9 Å². The molecule has 1 aromatic heterocycles. The molecule has 2 rings (SSSR count). The molecule has 1 unspecified atom stereocenters. The third-order valence-corrected chi connectivity index (χ3v) is 4.35. The van der Waals surface area contributed by atoms with E-state index in [1.165, 1.54) is 11.3 Å². The SMILES string of the molecule is CNC(c1csc(I)c1)c1c(F)cc(F)cc1F. The van der Waals surface area contributed by atoms with Gasteiger partial charge in [0.2, 0.25) is 0 Å². The topological polar surface area (TPSA) is 12.0 Å². The zero-order chi connectivity index (χ0) is 13.3. The van der Waals surface area contributed by atoms with E-state index in [4.69, 9.17) is 0 Å². The summed E-state index contributed by atoms with van der Waals surface area (Å²) in [5.74, 6) is -2.68. The van der Waals surface area contributed by atoms with Crippen molar-refractivity contribution in [1.29, 1.82) is 0 Å². The summed E-state index contributed by atoms with van der Waals surface area (Å²) in [6.07, 6.45) is 0. The Bertz CT molecular complexity index is 547. The minimum Gasteiger partial charge on any atom is -0.309 e. The Labute approximate surface area is 120 Å². The van der Waals surface area contributed by atoms with Gasteiger partial charge in [-0.25, -0.2) is 13.2 Å². The van der Waals surface area contributed by atoms with Gasteiger partial charge in [0.15, 0.2) is 0 Å². The Hall–Kier alpha value is -0.600. The summed E-state index contributed by atoms with van der Waals surface area (Å²) in [5.41, 5.74) is 0.601. The predicted octanol–water partition coefficient (Wildman–Crippen LogP) is 4.08. The highest BCUT2D eigenvalue weighted by atomic mass is 127. The van der Waals surface area contributed by atoms with Crippen LogP contribution in [0.2, 0.25) is 0 Å². The van der Waals surface area contributed by atoms with E-state index in [9.17, 15) is 13.2 Å². The van der Waals surface area contributed by atoms with Gasteiger partial charge in [-0.3, -0.25) is 0 Å². The van der Waals surface area contributed by atoms with Gasteiger partial charge in [0.05, 0.1) is 8.93 Å². The molecule has 1 heterocycles. The summed E-state index contributed by atoms with van der Waals surface area (Å²) in [6, 6.07) is 2.61. The Kier molecular flexibility index (Phi) is 4.29. The second kappa shape index (κ2) is 5.58. The molecule has 96 valence electrons. The predicted molar refractivity (Wildman–Crippen MR) is 74.3 cm³/mol. The molecule has 18 heavy (non-hydrogen) atoms. The van der Waals surface area contributed by atoms with Crippen molar-refractivity contribution >= 4 is 33.9 Å². The third-order valence-electron chi connectivity index (χ3n) is 2.54. The molecule has 0 fully saturated rings. The minimum atomic E-state index is -0.913. The van der Waals surface area contributed by atoms with E-state index < -0.39 is 23.5 Å². The van der Waals surface area contributed by atoms with Crippen molar-refractivity contribution in [2.45, 2.75) is 6.04 Å². The quantitative estimate of drug-likeness (QED) is 0.788. The number of hydrogen-bond acceptors (Lipinski definition) is 2. The molecule has 2 aromatic rings. The van der Waals surface area contributed by atoms with Crippen molar-refractivity contribution in [1.82, 2.24) is 5.32 Å². The van der Waals surface area contributed by atoms with Crippen LogP contribution in [0.3, 0.4) is 0 Å². The molecule has 0 aliphatic heterocycles. The van der Waals surface area contributed by atoms with Crippen LogP contribution in [0.5, 0.6) is 0 Å². The van der Waals surface area contributed by atoms with Crippen LogP contribution in [-0.4, -0.2) is 7.05 Å². The summed E-state index contributed by atoms with van der Waals surface area (Å²) in [6.45, 7) is 0. The highest BCUT2D eigenvalue weighted by molar-refractivity contribution is 14.1. The van der Waals surface area contributed by atoms with Crippen LogP contribution in [0.25, 0.3) is 0 Å². The second-order valence-electron chi connectivity index (χ2n) is 3.69. The lowest BCUT2D eigenvalue weighted by atomic mass is 10.00. The van der Waals surface area contributed by atoms with Crippen LogP contribution in [0, 0.1) is 20.3 Å². The van der Waals surface area contributed by atoms with Crippen molar-refractivity contribution < 1.29 is 13.2 Å². The zero-order valence-corrected chi connectivity index (χ0v) is 12.3. The van der Waals surface area contributed by atoms with Crippen molar-refractivity contribution in [3.05, 3.63) is 55.0 Å². The molecule has 0 radical (unpaired) electrons. The first-order valence-electron chi connectivity index (χ1n) is 5.08. The van der Waals surface area contributed by atoms with Gasteiger partial charge < -0.3 is 5.32 Å². The fourth-order valence-electron chi connectivity index (χ4n) is 1.78. The van der Waals surface area contributed by atoms with E-state index in [0.717, 1.165) is 8.45 Å². The van der Waals surface area contributed by atoms with Crippen molar-refractivity contribution in [2.24, 2.45) is 0 Å². The first kappa shape index (κ1) is 13.8. The van der Waals surface area contributed by atoms with E-state index in [-0.39, 0.29) is 5.56 Å². The highest BCUT2D eigenvalue weighted by Crippen LogP contribution is 2.30. The normalized spacial score (nSPS) is 12.7. The Morgan fingerprint density at radius 3 is 2.22 bits per heavy atom. The van der Waals surface area contributed by atoms with Gasteiger partial charge in [-0.05, 0) is 46.6 Å². The summed E-state index contributed by atoms with van der Waals surface area (Å²) < 4.78 is 41.3. The fourth-order valence-corrected chi connectivity index (χ4v) is 3.18. The third kappa shape index (κ3) is 2.70. The smallest absolute Gasteiger partial charge is 0.134 e. The van der Waals surface area contributed by atoms with Crippen LogP contribution < -0.4 is 5.32 Å². The minimum absolute atomic E-state index is 0.159.